The van der Waals surface area contributed by atoms with Crippen molar-refractivity contribution in [2.45, 2.75) is 6.92 Å². The van der Waals surface area contributed by atoms with Crippen LogP contribution in [0, 0.1) is 17.0 Å². The van der Waals surface area contributed by atoms with Crippen LogP contribution in [0.3, 0.4) is 0 Å². The van der Waals surface area contributed by atoms with E-state index in [9.17, 15) is 19.7 Å². The molecular formula is C18H20N4O4S. The molecule has 1 N–H and O–H groups in total. The third-order valence-corrected chi connectivity index (χ3v) is 5.42. The lowest BCUT2D eigenvalue weighted by Crippen LogP contribution is -2.51. The van der Waals surface area contributed by atoms with Gasteiger partial charge >= 0.3 is 0 Å². The quantitative estimate of drug-likeness (QED) is 0.625. The molecule has 0 aliphatic carbocycles. The molecule has 1 saturated heterocycles. The number of carbonyl (C=O) groups excluding carboxylic acids is 2. The van der Waals surface area contributed by atoms with Gasteiger partial charge in [-0.15, -0.1) is 11.3 Å². The highest BCUT2D eigenvalue weighted by molar-refractivity contribution is 7.13. The summed E-state index contributed by atoms with van der Waals surface area (Å²) in [5, 5.41) is 13.4. The minimum absolute atomic E-state index is 0.0205. The fourth-order valence-corrected chi connectivity index (χ4v) is 3.69. The van der Waals surface area contributed by atoms with Crippen LogP contribution >= 0.6 is 11.3 Å². The molecule has 3 rings (SSSR count). The number of anilines is 1. The van der Waals surface area contributed by atoms with E-state index in [0.717, 1.165) is 10.6 Å². The molecule has 2 heterocycles. The fraction of sp³-hybridized carbons (Fsp3) is 0.333. The minimum Gasteiger partial charge on any atom is -0.368 e. The molecule has 142 valence electrons. The molecule has 0 bridgehead atoms. The number of nitro groups is 1. The van der Waals surface area contributed by atoms with Crippen LogP contribution in [-0.2, 0) is 4.79 Å². The van der Waals surface area contributed by atoms with Gasteiger partial charge < -0.3 is 15.1 Å². The third kappa shape index (κ3) is 4.62. The highest BCUT2D eigenvalue weighted by Crippen LogP contribution is 2.20. The molecule has 1 fully saturated rings. The molecule has 0 radical (unpaired) electrons. The lowest BCUT2D eigenvalue weighted by atomic mass is 10.2. The molecule has 1 aliphatic heterocycles. The van der Waals surface area contributed by atoms with Crippen LogP contribution in [0.25, 0.3) is 0 Å². The van der Waals surface area contributed by atoms with Crippen molar-refractivity contribution in [1.29, 1.82) is 0 Å². The number of rotatable bonds is 5. The third-order valence-electron chi connectivity index (χ3n) is 4.42. The smallest absolute Gasteiger partial charge is 0.269 e. The van der Waals surface area contributed by atoms with Gasteiger partial charge in [0.05, 0.1) is 16.3 Å². The normalized spacial score (nSPS) is 14.1. The summed E-state index contributed by atoms with van der Waals surface area (Å²) in [6.45, 7) is 4.28. The molecule has 27 heavy (non-hydrogen) atoms. The second-order valence-corrected chi connectivity index (χ2v) is 7.52. The van der Waals surface area contributed by atoms with Crippen molar-refractivity contribution >= 4 is 34.5 Å². The molecule has 0 spiro atoms. The van der Waals surface area contributed by atoms with Crippen molar-refractivity contribution < 1.29 is 14.5 Å². The first-order valence-electron chi connectivity index (χ1n) is 8.56. The Kier molecular flexibility index (Phi) is 5.70. The molecule has 8 nitrogen and oxygen atoms in total. The highest BCUT2D eigenvalue weighted by Gasteiger charge is 2.22. The van der Waals surface area contributed by atoms with Gasteiger partial charge in [0.15, 0.2) is 0 Å². The highest BCUT2D eigenvalue weighted by atomic mass is 32.1. The van der Waals surface area contributed by atoms with Crippen LogP contribution in [-0.4, -0.2) is 54.4 Å². The van der Waals surface area contributed by atoms with Gasteiger partial charge in [0.1, 0.15) is 0 Å². The Bertz CT molecular complexity index is 841. The minimum atomic E-state index is -0.424. The number of nitrogens with one attached hydrogen (secondary N) is 1. The van der Waals surface area contributed by atoms with Crippen molar-refractivity contribution in [1.82, 2.24) is 10.2 Å². The number of thiophene rings is 1. The van der Waals surface area contributed by atoms with E-state index in [1.165, 1.54) is 23.5 Å². The number of aryl methyl sites for hydroxylation is 1. The van der Waals surface area contributed by atoms with Gasteiger partial charge in [-0.1, -0.05) is 0 Å². The van der Waals surface area contributed by atoms with E-state index in [0.29, 0.717) is 31.1 Å². The van der Waals surface area contributed by atoms with Gasteiger partial charge in [-0.2, -0.15) is 0 Å². The molecule has 2 aromatic rings. The van der Waals surface area contributed by atoms with Crippen molar-refractivity contribution in [3.8, 4) is 0 Å². The predicted octanol–water partition coefficient (Wildman–Crippen LogP) is 2.04. The monoisotopic (exact) mass is 388 g/mol. The van der Waals surface area contributed by atoms with Gasteiger partial charge in [-0.25, -0.2) is 0 Å². The Morgan fingerprint density at radius 3 is 2.33 bits per heavy atom. The Morgan fingerprint density at radius 1 is 1.11 bits per heavy atom. The summed E-state index contributed by atoms with van der Waals surface area (Å²) in [7, 11) is 0. The molecular weight excluding hydrogens is 368 g/mol. The molecule has 0 saturated carbocycles. The maximum atomic E-state index is 12.3. The summed E-state index contributed by atoms with van der Waals surface area (Å²) in [6.07, 6.45) is 0. The molecule has 0 unspecified atom stereocenters. The Labute approximate surface area is 160 Å². The first-order valence-corrected chi connectivity index (χ1v) is 9.37. The maximum absolute atomic E-state index is 12.3. The number of hydrogen-bond acceptors (Lipinski definition) is 6. The molecule has 2 amide bonds. The van der Waals surface area contributed by atoms with Gasteiger partial charge in [0, 0.05) is 48.9 Å². The zero-order valence-corrected chi connectivity index (χ0v) is 15.7. The fourth-order valence-electron chi connectivity index (χ4n) is 2.91. The number of nitro benzene ring substituents is 1. The van der Waals surface area contributed by atoms with Gasteiger partial charge in [0.2, 0.25) is 5.91 Å². The summed E-state index contributed by atoms with van der Waals surface area (Å²) in [5.41, 5.74) is 0.957. The van der Waals surface area contributed by atoms with E-state index in [4.69, 9.17) is 0 Å². The average molecular weight is 388 g/mol. The van der Waals surface area contributed by atoms with Crippen molar-refractivity contribution in [3.05, 3.63) is 56.3 Å². The Hall–Kier alpha value is -2.94. The van der Waals surface area contributed by atoms with Crippen LogP contribution < -0.4 is 10.2 Å². The first kappa shape index (κ1) is 18.8. The Morgan fingerprint density at radius 2 is 1.78 bits per heavy atom. The predicted molar refractivity (Wildman–Crippen MR) is 103 cm³/mol. The van der Waals surface area contributed by atoms with Crippen molar-refractivity contribution in [3.63, 3.8) is 0 Å². The second-order valence-electron chi connectivity index (χ2n) is 6.23. The number of hydrogen-bond donors (Lipinski definition) is 1. The van der Waals surface area contributed by atoms with E-state index >= 15 is 0 Å². The number of carbonyl (C=O) groups is 2. The van der Waals surface area contributed by atoms with E-state index in [-0.39, 0.29) is 24.0 Å². The lowest BCUT2D eigenvalue weighted by Gasteiger charge is -2.36. The van der Waals surface area contributed by atoms with E-state index in [1.807, 2.05) is 13.0 Å². The average Bonchev–Trinajstić information content (AvgIpc) is 3.12. The topological polar surface area (TPSA) is 95.8 Å². The summed E-state index contributed by atoms with van der Waals surface area (Å²) in [5.74, 6) is -0.342. The van der Waals surface area contributed by atoms with Crippen LogP contribution in [0.4, 0.5) is 11.4 Å². The van der Waals surface area contributed by atoms with Crippen molar-refractivity contribution in [2.75, 3.05) is 37.6 Å². The molecule has 1 aliphatic rings. The summed E-state index contributed by atoms with van der Waals surface area (Å²) in [4.78, 5) is 40.1. The first-order chi connectivity index (χ1) is 12.9. The van der Waals surface area contributed by atoms with E-state index in [2.05, 4.69) is 10.2 Å². The number of nitrogens with zero attached hydrogens (tertiary/aromatic N) is 3. The maximum Gasteiger partial charge on any atom is 0.269 e. The van der Waals surface area contributed by atoms with Gasteiger partial charge in [-0.05, 0) is 31.2 Å². The van der Waals surface area contributed by atoms with Crippen molar-refractivity contribution in [2.24, 2.45) is 0 Å². The number of non-ortho nitro benzene ring substituents is 1. The number of benzene rings is 1. The zero-order valence-electron chi connectivity index (χ0n) is 14.9. The van der Waals surface area contributed by atoms with E-state index < -0.39 is 4.92 Å². The van der Waals surface area contributed by atoms with E-state index in [1.54, 1.807) is 23.1 Å². The standard InChI is InChI=1S/C18H20N4O4S/c1-13-2-7-16(27-13)18(24)19-12-17(23)21-10-8-20(9-11-21)14-3-5-15(6-4-14)22(25)26/h2-7H,8-12H2,1H3,(H,19,24). The largest absolute Gasteiger partial charge is 0.368 e. The van der Waals surface area contributed by atoms with Gasteiger partial charge in [-0.3, -0.25) is 19.7 Å². The molecule has 1 aromatic carbocycles. The second kappa shape index (κ2) is 8.17. The lowest BCUT2D eigenvalue weighted by molar-refractivity contribution is -0.384. The van der Waals surface area contributed by atoms with Gasteiger partial charge in [0.25, 0.3) is 11.6 Å². The number of amides is 2. The SMILES string of the molecule is Cc1ccc(C(=O)NCC(=O)N2CCN(c3ccc([N+](=O)[O-])cc3)CC2)s1. The summed E-state index contributed by atoms with van der Waals surface area (Å²) >= 11 is 1.40. The molecule has 0 atom stereocenters. The Balaban J connectivity index is 1.47. The van der Waals surface area contributed by atoms with Crippen LogP contribution in [0.1, 0.15) is 14.5 Å². The molecule has 1 aromatic heterocycles. The summed E-state index contributed by atoms with van der Waals surface area (Å²) in [6, 6.07) is 10.0. The van der Waals surface area contributed by atoms with Crippen LogP contribution in [0.5, 0.6) is 0 Å². The number of piperazine rings is 1. The van der Waals surface area contributed by atoms with Crippen LogP contribution in [0.2, 0.25) is 0 Å². The molecule has 9 heteroatoms. The van der Waals surface area contributed by atoms with Crippen LogP contribution in [0.15, 0.2) is 36.4 Å². The zero-order chi connectivity index (χ0) is 19.4. The summed E-state index contributed by atoms with van der Waals surface area (Å²) < 4.78 is 0.